The minimum absolute atomic E-state index is 0.00912. The van der Waals surface area contributed by atoms with Crippen LogP contribution in [0.1, 0.15) is 76.7 Å². The van der Waals surface area contributed by atoms with Crippen molar-refractivity contribution in [2.45, 2.75) is 89.8 Å². The molecule has 0 aliphatic carbocycles. The van der Waals surface area contributed by atoms with Crippen LogP contribution in [0.15, 0.2) is 30.3 Å². The quantitative estimate of drug-likeness (QED) is 0.435. The van der Waals surface area contributed by atoms with E-state index in [4.69, 9.17) is 4.74 Å². The van der Waals surface area contributed by atoms with E-state index >= 15 is 0 Å². The van der Waals surface area contributed by atoms with E-state index in [1.54, 1.807) is 0 Å². The lowest BCUT2D eigenvalue weighted by Gasteiger charge is -2.38. The van der Waals surface area contributed by atoms with Crippen molar-refractivity contribution in [1.29, 1.82) is 0 Å². The van der Waals surface area contributed by atoms with Crippen molar-refractivity contribution in [3.63, 3.8) is 0 Å². The van der Waals surface area contributed by atoms with Crippen molar-refractivity contribution in [1.82, 2.24) is 9.80 Å². The number of rotatable bonds is 9. The number of piperidine rings is 1. The maximum absolute atomic E-state index is 12.8. The summed E-state index contributed by atoms with van der Waals surface area (Å²) in [6, 6.07) is 9.56. The van der Waals surface area contributed by atoms with Crippen LogP contribution in [0.5, 0.6) is 0 Å². The zero-order chi connectivity index (χ0) is 21.3. The predicted molar refractivity (Wildman–Crippen MR) is 115 cm³/mol. The van der Waals surface area contributed by atoms with Crippen LogP contribution in [0.2, 0.25) is 0 Å². The molecule has 2 atom stereocenters. The molecule has 3 amide bonds. The van der Waals surface area contributed by atoms with Crippen LogP contribution in [-0.4, -0.2) is 46.3 Å². The molecule has 1 aromatic rings. The van der Waals surface area contributed by atoms with Gasteiger partial charge >= 0.3 is 6.09 Å². The third kappa shape index (κ3) is 5.83. The summed E-state index contributed by atoms with van der Waals surface area (Å²) in [6.07, 6.45) is 7.87. The minimum Gasteiger partial charge on any atom is -0.445 e. The average molecular weight is 415 g/mol. The van der Waals surface area contributed by atoms with Crippen LogP contribution in [-0.2, 0) is 20.9 Å². The number of amides is 3. The van der Waals surface area contributed by atoms with Crippen molar-refractivity contribution in [3.05, 3.63) is 35.9 Å². The number of unbranched alkanes of at least 4 members (excludes halogenated alkanes) is 2. The fourth-order valence-electron chi connectivity index (χ4n) is 4.59. The third-order valence-electron chi connectivity index (χ3n) is 6.21. The van der Waals surface area contributed by atoms with Gasteiger partial charge in [0.2, 0.25) is 11.8 Å². The summed E-state index contributed by atoms with van der Waals surface area (Å²) in [5.41, 5.74) is 0.963. The average Bonchev–Trinajstić information content (AvgIpc) is 3.10. The molecule has 164 valence electrons. The Kier molecular flexibility index (Phi) is 8.29. The highest BCUT2D eigenvalue weighted by Gasteiger charge is 2.38. The first-order valence-electron chi connectivity index (χ1n) is 11.4. The number of ether oxygens (including phenoxy) is 1. The Morgan fingerprint density at radius 3 is 2.53 bits per heavy atom. The Hall–Kier alpha value is -2.37. The molecule has 0 N–H and O–H groups in total. The summed E-state index contributed by atoms with van der Waals surface area (Å²) in [5.74, 6) is -0.119. The summed E-state index contributed by atoms with van der Waals surface area (Å²) in [5, 5.41) is 0. The maximum Gasteiger partial charge on any atom is 0.410 e. The smallest absolute Gasteiger partial charge is 0.410 e. The van der Waals surface area contributed by atoms with E-state index in [0.29, 0.717) is 25.8 Å². The SMILES string of the molecule is CCCCC[C@H](C[C@H]1CCCCN1C(=O)OCc1ccccc1)N1C(=O)CCC1=O. The Labute approximate surface area is 179 Å². The van der Waals surface area contributed by atoms with Crippen LogP contribution in [0, 0.1) is 0 Å². The molecule has 0 bridgehead atoms. The number of carbonyl (C=O) groups is 3. The molecular formula is C24H34N2O4. The van der Waals surface area contributed by atoms with Crippen molar-refractivity contribution < 1.29 is 19.1 Å². The number of imide groups is 1. The first kappa shape index (κ1) is 22.3. The lowest BCUT2D eigenvalue weighted by molar-refractivity contribution is -0.141. The predicted octanol–water partition coefficient (Wildman–Crippen LogP) is 4.67. The highest BCUT2D eigenvalue weighted by molar-refractivity contribution is 6.02. The van der Waals surface area contributed by atoms with Crippen LogP contribution in [0.4, 0.5) is 4.79 Å². The van der Waals surface area contributed by atoms with Crippen LogP contribution in [0.3, 0.4) is 0 Å². The number of nitrogens with zero attached hydrogens (tertiary/aromatic N) is 2. The molecule has 0 unspecified atom stereocenters. The van der Waals surface area contributed by atoms with Gasteiger partial charge in [0, 0.05) is 31.5 Å². The highest BCUT2D eigenvalue weighted by Crippen LogP contribution is 2.28. The Balaban J connectivity index is 1.65. The van der Waals surface area contributed by atoms with E-state index in [0.717, 1.165) is 50.5 Å². The molecule has 3 rings (SSSR count). The number of likely N-dealkylation sites (tertiary alicyclic amines) is 2. The molecule has 30 heavy (non-hydrogen) atoms. The van der Waals surface area contributed by atoms with Gasteiger partial charge in [-0.25, -0.2) is 4.79 Å². The molecular weight excluding hydrogens is 380 g/mol. The largest absolute Gasteiger partial charge is 0.445 e. The monoisotopic (exact) mass is 414 g/mol. The molecule has 1 aromatic carbocycles. The summed E-state index contributed by atoms with van der Waals surface area (Å²) in [7, 11) is 0. The fraction of sp³-hybridized carbons (Fsp3) is 0.625. The summed E-state index contributed by atoms with van der Waals surface area (Å²) < 4.78 is 5.59. The van der Waals surface area contributed by atoms with Gasteiger partial charge in [-0.15, -0.1) is 0 Å². The van der Waals surface area contributed by atoms with Crippen molar-refractivity contribution in [2.75, 3.05) is 6.54 Å². The van der Waals surface area contributed by atoms with Gasteiger partial charge in [0.25, 0.3) is 0 Å². The second kappa shape index (κ2) is 11.1. The number of hydrogen-bond acceptors (Lipinski definition) is 4. The molecule has 2 aliphatic rings. The molecule has 0 radical (unpaired) electrons. The first-order chi connectivity index (χ1) is 14.6. The molecule has 2 saturated heterocycles. The lowest BCUT2D eigenvalue weighted by atomic mass is 9.93. The lowest BCUT2D eigenvalue weighted by Crippen LogP contribution is -2.49. The minimum atomic E-state index is -0.296. The molecule has 2 heterocycles. The topological polar surface area (TPSA) is 66.9 Å². The van der Waals surface area contributed by atoms with E-state index in [1.165, 1.54) is 4.90 Å². The van der Waals surface area contributed by atoms with E-state index in [9.17, 15) is 14.4 Å². The van der Waals surface area contributed by atoms with Crippen molar-refractivity contribution in [3.8, 4) is 0 Å². The van der Waals surface area contributed by atoms with Gasteiger partial charge in [0.05, 0.1) is 0 Å². The van der Waals surface area contributed by atoms with Gasteiger partial charge < -0.3 is 9.64 Å². The Bertz CT molecular complexity index is 705. The first-order valence-corrected chi connectivity index (χ1v) is 11.4. The van der Waals surface area contributed by atoms with E-state index in [-0.39, 0.29) is 36.6 Å². The number of hydrogen-bond donors (Lipinski definition) is 0. The van der Waals surface area contributed by atoms with Gasteiger partial charge in [-0.3, -0.25) is 14.5 Å². The second-order valence-electron chi connectivity index (χ2n) is 8.43. The van der Waals surface area contributed by atoms with Crippen LogP contribution in [0.25, 0.3) is 0 Å². The summed E-state index contributed by atoms with van der Waals surface area (Å²) in [6.45, 7) is 3.07. The van der Waals surface area contributed by atoms with Crippen LogP contribution >= 0.6 is 0 Å². The summed E-state index contributed by atoms with van der Waals surface area (Å²) >= 11 is 0. The Morgan fingerprint density at radius 2 is 1.83 bits per heavy atom. The van der Waals surface area contributed by atoms with E-state index in [1.807, 2.05) is 35.2 Å². The molecule has 0 aromatic heterocycles. The van der Waals surface area contributed by atoms with E-state index < -0.39 is 0 Å². The second-order valence-corrected chi connectivity index (χ2v) is 8.43. The van der Waals surface area contributed by atoms with Gasteiger partial charge in [0.1, 0.15) is 6.61 Å². The normalized spacial score (nSPS) is 20.5. The van der Waals surface area contributed by atoms with Crippen molar-refractivity contribution >= 4 is 17.9 Å². The fourth-order valence-corrected chi connectivity index (χ4v) is 4.59. The zero-order valence-corrected chi connectivity index (χ0v) is 18.1. The van der Waals surface area contributed by atoms with Crippen molar-refractivity contribution in [2.24, 2.45) is 0 Å². The number of carbonyl (C=O) groups excluding carboxylic acids is 3. The molecule has 2 fully saturated rings. The molecule has 0 saturated carbocycles. The number of benzene rings is 1. The van der Waals surface area contributed by atoms with Crippen LogP contribution < -0.4 is 0 Å². The summed E-state index contributed by atoms with van der Waals surface area (Å²) in [4.78, 5) is 40.9. The van der Waals surface area contributed by atoms with Gasteiger partial charge in [-0.05, 0) is 37.7 Å². The molecule has 6 nitrogen and oxygen atoms in total. The van der Waals surface area contributed by atoms with Gasteiger partial charge in [-0.1, -0.05) is 56.5 Å². The highest BCUT2D eigenvalue weighted by atomic mass is 16.6. The van der Waals surface area contributed by atoms with Gasteiger partial charge in [-0.2, -0.15) is 0 Å². The molecule has 0 spiro atoms. The zero-order valence-electron chi connectivity index (χ0n) is 18.1. The molecule has 2 aliphatic heterocycles. The van der Waals surface area contributed by atoms with Gasteiger partial charge in [0.15, 0.2) is 0 Å². The maximum atomic E-state index is 12.8. The molecule has 6 heteroatoms. The Morgan fingerprint density at radius 1 is 1.10 bits per heavy atom. The standard InChI is InChI=1S/C24H34N2O4/c1-2-3-5-13-21(26-22(27)14-15-23(26)28)17-20-12-8-9-16-25(20)24(29)30-18-19-10-6-4-7-11-19/h4,6-7,10-11,20-21H,2-3,5,8-9,12-18H2,1H3/t20-,21-/m1/s1. The third-order valence-corrected chi connectivity index (χ3v) is 6.21. The van der Waals surface area contributed by atoms with E-state index in [2.05, 4.69) is 6.92 Å².